The number of hydrogen-bond donors (Lipinski definition) is 2. The number of nitrogens with zero attached hydrogens (tertiary/aromatic N) is 2. The van der Waals surface area contributed by atoms with Crippen molar-refractivity contribution in [1.29, 1.82) is 0 Å². The molecule has 3 rings (SSSR count). The van der Waals surface area contributed by atoms with E-state index in [2.05, 4.69) is 46.6 Å². The van der Waals surface area contributed by atoms with E-state index >= 15 is 0 Å². The van der Waals surface area contributed by atoms with Crippen molar-refractivity contribution in [2.45, 2.75) is 27.3 Å². The van der Waals surface area contributed by atoms with Crippen molar-refractivity contribution in [1.82, 2.24) is 9.97 Å². The van der Waals surface area contributed by atoms with E-state index in [1.54, 1.807) is 6.26 Å². The fourth-order valence-corrected chi connectivity index (χ4v) is 2.34. The van der Waals surface area contributed by atoms with E-state index in [-0.39, 0.29) is 0 Å². The van der Waals surface area contributed by atoms with Crippen LogP contribution in [0.15, 0.2) is 47.1 Å². The number of aryl methyl sites for hydroxylation is 2. The van der Waals surface area contributed by atoms with Crippen molar-refractivity contribution in [3.63, 3.8) is 0 Å². The van der Waals surface area contributed by atoms with Crippen LogP contribution in [0.1, 0.15) is 22.7 Å². The quantitative estimate of drug-likeness (QED) is 0.733. The largest absolute Gasteiger partial charge is 0.467 e. The van der Waals surface area contributed by atoms with E-state index in [9.17, 15) is 0 Å². The molecular weight excluding hydrogens is 288 g/mol. The monoisotopic (exact) mass is 308 g/mol. The summed E-state index contributed by atoms with van der Waals surface area (Å²) < 4.78 is 5.32. The van der Waals surface area contributed by atoms with Gasteiger partial charge in [-0.05, 0) is 50.1 Å². The summed E-state index contributed by atoms with van der Waals surface area (Å²) in [6, 6.07) is 11.9. The molecule has 0 fully saturated rings. The standard InChI is InChI=1S/C18H20N4O/c1-12-6-4-8-16(13(12)2)22-18-10-17(20-14(3)21-18)19-11-15-7-5-9-23-15/h4-10H,11H2,1-3H3,(H2,19,20,21,22). The minimum absolute atomic E-state index is 0.590. The summed E-state index contributed by atoms with van der Waals surface area (Å²) in [7, 11) is 0. The van der Waals surface area contributed by atoms with Gasteiger partial charge < -0.3 is 15.1 Å². The van der Waals surface area contributed by atoms with Crippen LogP contribution in [0.2, 0.25) is 0 Å². The van der Waals surface area contributed by atoms with Crippen molar-refractivity contribution < 1.29 is 4.42 Å². The lowest BCUT2D eigenvalue weighted by Gasteiger charge is -2.12. The van der Waals surface area contributed by atoms with E-state index in [1.165, 1.54) is 11.1 Å². The van der Waals surface area contributed by atoms with Crippen LogP contribution in [0.25, 0.3) is 0 Å². The normalized spacial score (nSPS) is 10.6. The highest BCUT2D eigenvalue weighted by Crippen LogP contribution is 2.23. The number of aromatic nitrogens is 2. The maximum atomic E-state index is 5.32. The van der Waals surface area contributed by atoms with E-state index in [0.717, 1.165) is 23.1 Å². The zero-order chi connectivity index (χ0) is 16.2. The van der Waals surface area contributed by atoms with Gasteiger partial charge in [0.1, 0.15) is 23.2 Å². The number of furan rings is 1. The average molecular weight is 308 g/mol. The zero-order valence-corrected chi connectivity index (χ0v) is 13.6. The second-order valence-electron chi connectivity index (χ2n) is 5.49. The Hall–Kier alpha value is -2.82. The van der Waals surface area contributed by atoms with E-state index < -0.39 is 0 Å². The van der Waals surface area contributed by atoms with Gasteiger partial charge in [0.25, 0.3) is 0 Å². The molecule has 0 bridgehead atoms. The fraction of sp³-hybridized carbons (Fsp3) is 0.222. The Kier molecular flexibility index (Phi) is 4.28. The summed E-state index contributed by atoms with van der Waals surface area (Å²) >= 11 is 0. The van der Waals surface area contributed by atoms with Crippen LogP contribution >= 0.6 is 0 Å². The molecule has 2 N–H and O–H groups in total. The van der Waals surface area contributed by atoms with Gasteiger partial charge in [0.2, 0.25) is 0 Å². The lowest BCUT2D eigenvalue weighted by molar-refractivity contribution is 0.518. The molecule has 0 atom stereocenters. The van der Waals surface area contributed by atoms with Crippen LogP contribution in [0, 0.1) is 20.8 Å². The SMILES string of the molecule is Cc1nc(NCc2ccco2)cc(Nc2cccc(C)c2C)n1. The summed E-state index contributed by atoms with van der Waals surface area (Å²) in [4.78, 5) is 8.87. The maximum absolute atomic E-state index is 5.32. The molecule has 0 aliphatic heterocycles. The molecule has 23 heavy (non-hydrogen) atoms. The van der Waals surface area contributed by atoms with Gasteiger partial charge in [0.15, 0.2) is 0 Å². The van der Waals surface area contributed by atoms with Crippen molar-refractivity contribution >= 4 is 17.3 Å². The van der Waals surface area contributed by atoms with Crippen LogP contribution < -0.4 is 10.6 Å². The fourth-order valence-electron chi connectivity index (χ4n) is 2.34. The van der Waals surface area contributed by atoms with Gasteiger partial charge in [0.05, 0.1) is 12.8 Å². The van der Waals surface area contributed by atoms with E-state index in [0.29, 0.717) is 12.4 Å². The van der Waals surface area contributed by atoms with Crippen LogP contribution in [-0.4, -0.2) is 9.97 Å². The Morgan fingerprint density at radius 2 is 1.83 bits per heavy atom. The number of rotatable bonds is 5. The molecule has 0 saturated carbocycles. The first-order chi connectivity index (χ1) is 11.1. The second kappa shape index (κ2) is 6.52. The van der Waals surface area contributed by atoms with Crippen LogP contribution in [0.5, 0.6) is 0 Å². The van der Waals surface area contributed by atoms with Gasteiger partial charge in [0, 0.05) is 11.8 Å². The van der Waals surface area contributed by atoms with Gasteiger partial charge in [-0.3, -0.25) is 0 Å². The number of benzene rings is 1. The molecule has 0 spiro atoms. The third-order valence-electron chi connectivity index (χ3n) is 3.73. The van der Waals surface area contributed by atoms with E-state index in [1.807, 2.05) is 31.2 Å². The van der Waals surface area contributed by atoms with Crippen LogP contribution in [0.3, 0.4) is 0 Å². The van der Waals surface area contributed by atoms with Crippen molar-refractivity contribution in [2.75, 3.05) is 10.6 Å². The molecule has 3 aromatic rings. The molecule has 1 aromatic carbocycles. The number of anilines is 3. The number of nitrogens with one attached hydrogen (secondary N) is 2. The minimum atomic E-state index is 0.590. The van der Waals surface area contributed by atoms with Crippen LogP contribution in [0.4, 0.5) is 17.3 Å². The highest BCUT2D eigenvalue weighted by atomic mass is 16.3. The molecular formula is C18H20N4O. The highest BCUT2D eigenvalue weighted by Gasteiger charge is 2.06. The van der Waals surface area contributed by atoms with Crippen molar-refractivity contribution in [3.05, 3.63) is 65.4 Å². The zero-order valence-electron chi connectivity index (χ0n) is 13.6. The molecule has 0 aliphatic carbocycles. The summed E-state index contributed by atoms with van der Waals surface area (Å²) in [6.45, 7) is 6.67. The Morgan fingerprint density at radius 3 is 2.61 bits per heavy atom. The Morgan fingerprint density at radius 1 is 1.00 bits per heavy atom. The molecule has 5 nitrogen and oxygen atoms in total. The lowest BCUT2D eigenvalue weighted by atomic mass is 10.1. The first-order valence-electron chi connectivity index (χ1n) is 7.57. The molecule has 0 unspecified atom stereocenters. The third-order valence-corrected chi connectivity index (χ3v) is 3.73. The molecule has 0 amide bonds. The van der Waals surface area contributed by atoms with Crippen LogP contribution in [-0.2, 0) is 6.54 Å². The molecule has 0 saturated heterocycles. The lowest BCUT2D eigenvalue weighted by Crippen LogP contribution is -2.05. The summed E-state index contributed by atoms with van der Waals surface area (Å²) in [5.74, 6) is 3.11. The van der Waals surface area contributed by atoms with Crippen molar-refractivity contribution in [2.24, 2.45) is 0 Å². The molecule has 2 heterocycles. The summed E-state index contributed by atoms with van der Waals surface area (Å²) in [5, 5.41) is 6.63. The average Bonchev–Trinajstić information content (AvgIpc) is 3.03. The van der Waals surface area contributed by atoms with Gasteiger partial charge in [-0.15, -0.1) is 0 Å². The molecule has 5 heteroatoms. The molecule has 118 valence electrons. The second-order valence-corrected chi connectivity index (χ2v) is 5.49. The Labute approximate surface area is 135 Å². The topological polar surface area (TPSA) is 63.0 Å². The highest BCUT2D eigenvalue weighted by molar-refractivity contribution is 5.63. The molecule has 0 aliphatic rings. The predicted molar refractivity (Wildman–Crippen MR) is 92.0 cm³/mol. The Balaban J connectivity index is 1.78. The smallest absolute Gasteiger partial charge is 0.136 e. The third kappa shape index (κ3) is 3.69. The summed E-state index contributed by atoms with van der Waals surface area (Å²) in [5.41, 5.74) is 3.52. The Bertz CT molecular complexity index is 797. The van der Waals surface area contributed by atoms with Gasteiger partial charge in [-0.2, -0.15) is 0 Å². The molecule has 2 aromatic heterocycles. The summed E-state index contributed by atoms with van der Waals surface area (Å²) in [6.07, 6.45) is 1.66. The van der Waals surface area contributed by atoms with Gasteiger partial charge >= 0.3 is 0 Å². The van der Waals surface area contributed by atoms with Gasteiger partial charge in [-0.1, -0.05) is 12.1 Å². The number of hydrogen-bond acceptors (Lipinski definition) is 5. The van der Waals surface area contributed by atoms with E-state index in [4.69, 9.17) is 4.42 Å². The predicted octanol–water partition coefficient (Wildman–Crippen LogP) is 4.35. The van der Waals surface area contributed by atoms with Gasteiger partial charge in [-0.25, -0.2) is 9.97 Å². The van der Waals surface area contributed by atoms with Crippen molar-refractivity contribution in [3.8, 4) is 0 Å². The molecule has 0 radical (unpaired) electrons. The maximum Gasteiger partial charge on any atom is 0.136 e. The first kappa shape index (κ1) is 15.1. The minimum Gasteiger partial charge on any atom is -0.467 e. The first-order valence-corrected chi connectivity index (χ1v) is 7.57.